The summed E-state index contributed by atoms with van der Waals surface area (Å²) in [4.78, 5) is 37.4. The standard InChI is InChI=1S/C18H24N2O4/c1-12-6-4-7-13(2)20(12)17(22)11-24-18(23)15-8-5-9-16(10-15)19-14(3)21/h5,8-10,12-13H,4,6-7,11H2,1-3H3,(H,19,21). The van der Waals surface area contributed by atoms with Crippen LogP contribution in [0.25, 0.3) is 0 Å². The zero-order valence-electron chi connectivity index (χ0n) is 14.4. The summed E-state index contributed by atoms with van der Waals surface area (Å²) in [5, 5.41) is 2.61. The predicted octanol–water partition coefficient (Wildman–Crippen LogP) is 2.59. The molecule has 1 aromatic carbocycles. The van der Waals surface area contributed by atoms with Crippen LogP contribution in [0.5, 0.6) is 0 Å². The monoisotopic (exact) mass is 332 g/mol. The second-order valence-corrected chi connectivity index (χ2v) is 6.27. The normalized spacial score (nSPS) is 20.4. The lowest BCUT2D eigenvalue weighted by Crippen LogP contribution is -2.49. The number of anilines is 1. The summed E-state index contributed by atoms with van der Waals surface area (Å²) in [5.74, 6) is -0.960. The van der Waals surface area contributed by atoms with Gasteiger partial charge in [0.1, 0.15) is 0 Å². The molecular weight excluding hydrogens is 308 g/mol. The van der Waals surface area contributed by atoms with Gasteiger partial charge in [0.05, 0.1) is 5.56 Å². The van der Waals surface area contributed by atoms with Crippen molar-refractivity contribution in [1.82, 2.24) is 4.90 Å². The number of ether oxygens (including phenoxy) is 1. The number of likely N-dealkylation sites (tertiary alicyclic amines) is 1. The average Bonchev–Trinajstić information content (AvgIpc) is 2.52. The van der Waals surface area contributed by atoms with E-state index in [2.05, 4.69) is 5.32 Å². The Bertz CT molecular complexity index is 619. The van der Waals surface area contributed by atoms with Gasteiger partial charge in [-0.2, -0.15) is 0 Å². The highest BCUT2D eigenvalue weighted by Crippen LogP contribution is 2.22. The van der Waals surface area contributed by atoms with Gasteiger partial charge in [0.2, 0.25) is 5.91 Å². The van der Waals surface area contributed by atoms with E-state index in [9.17, 15) is 14.4 Å². The van der Waals surface area contributed by atoms with E-state index in [1.807, 2.05) is 18.7 Å². The highest BCUT2D eigenvalue weighted by molar-refractivity contribution is 5.94. The van der Waals surface area contributed by atoms with Gasteiger partial charge in [0.25, 0.3) is 5.91 Å². The predicted molar refractivity (Wildman–Crippen MR) is 90.6 cm³/mol. The molecule has 130 valence electrons. The molecule has 0 bridgehead atoms. The quantitative estimate of drug-likeness (QED) is 0.860. The SMILES string of the molecule is CC(=O)Nc1cccc(C(=O)OCC(=O)N2C(C)CCCC2C)c1. The van der Waals surface area contributed by atoms with Crippen molar-refractivity contribution in [2.24, 2.45) is 0 Å². The summed E-state index contributed by atoms with van der Waals surface area (Å²) < 4.78 is 5.16. The fraction of sp³-hybridized carbons (Fsp3) is 0.500. The van der Waals surface area contributed by atoms with Crippen LogP contribution in [0, 0.1) is 0 Å². The van der Waals surface area contributed by atoms with E-state index in [1.54, 1.807) is 18.2 Å². The maximum absolute atomic E-state index is 12.4. The number of carbonyl (C=O) groups is 3. The lowest BCUT2D eigenvalue weighted by atomic mass is 9.97. The fourth-order valence-electron chi connectivity index (χ4n) is 3.13. The van der Waals surface area contributed by atoms with Gasteiger partial charge >= 0.3 is 5.97 Å². The molecule has 0 radical (unpaired) electrons. The van der Waals surface area contributed by atoms with E-state index < -0.39 is 5.97 Å². The minimum atomic E-state index is -0.576. The van der Waals surface area contributed by atoms with Gasteiger partial charge in [-0.05, 0) is 51.3 Å². The van der Waals surface area contributed by atoms with Crippen molar-refractivity contribution < 1.29 is 19.1 Å². The summed E-state index contributed by atoms with van der Waals surface area (Å²) >= 11 is 0. The van der Waals surface area contributed by atoms with Crippen molar-refractivity contribution in [1.29, 1.82) is 0 Å². The fourth-order valence-corrected chi connectivity index (χ4v) is 3.13. The van der Waals surface area contributed by atoms with E-state index in [1.165, 1.54) is 13.0 Å². The molecule has 1 saturated heterocycles. The molecule has 1 N–H and O–H groups in total. The smallest absolute Gasteiger partial charge is 0.338 e. The molecule has 0 spiro atoms. The molecule has 6 heteroatoms. The largest absolute Gasteiger partial charge is 0.452 e. The molecule has 0 saturated carbocycles. The Morgan fingerprint density at radius 2 is 1.88 bits per heavy atom. The third kappa shape index (κ3) is 4.57. The third-order valence-corrected chi connectivity index (χ3v) is 4.23. The first-order chi connectivity index (χ1) is 11.4. The first-order valence-electron chi connectivity index (χ1n) is 8.24. The molecule has 1 fully saturated rings. The van der Waals surface area contributed by atoms with E-state index in [0.717, 1.165) is 19.3 Å². The van der Waals surface area contributed by atoms with Crippen LogP contribution in [0.3, 0.4) is 0 Å². The Morgan fingerprint density at radius 3 is 2.50 bits per heavy atom. The first kappa shape index (κ1) is 18.0. The maximum atomic E-state index is 12.4. The molecule has 6 nitrogen and oxygen atoms in total. The van der Waals surface area contributed by atoms with Crippen LogP contribution >= 0.6 is 0 Å². The minimum absolute atomic E-state index is 0.166. The number of hydrogen-bond donors (Lipinski definition) is 1. The van der Waals surface area contributed by atoms with Crippen LogP contribution in [0.1, 0.15) is 50.4 Å². The zero-order valence-corrected chi connectivity index (χ0v) is 14.4. The van der Waals surface area contributed by atoms with Crippen molar-refractivity contribution in [3.63, 3.8) is 0 Å². The topological polar surface area (TPSA) is 75.7 Å². The van der Waals surface area contributed by atoms with Crippen LogP contribution in [0.2, 0.25) is 0 Å². The lowest BCUT2D eigenvalue weighted by molar-refractivity contribution is -0.140. The molecule has 1 aromatic rings. The van der Waals surface area contributed by atoms with Crippen molar-refractivity contribution >= 4 is 23.5 Å². The summed E-state index contributed by atoms with van der Waals surface area (Å²) in [5.41, 5.74) is 0.815. The van der Waals surface area contributed by atoms with Crippen LogP contribution in [-0.2, 0) is 14.3 Å². The average molecular weight is 332 g/mol. The van der Waals surface area contributed by atoms with Crippen molar-refractivity contribution in [3.05, 3.63) is 29.8 Å². The molecule has 2 amide bonds. The van der Waals surface area contributed by atoms with E-state index >= 15 is 0 Å². The van der Waals surface area contributed by atoms with E-state index in [0.29, 0.717) is 11.3 Å². The molecule has 0 aromatic heterocycles. The number of nitrogens with zero attached hydrogens (tertiary/aromatic N) is 1. The maximum Gasteiger partial charge on any atom is 0.338 e. The van der Waals surface area contributed by atoms with E-state index in [-0.39, 0.29) is 30.5 Å². The van der Waals surface area contributed by atoms with Gasteiger partial charge in [0, 0.05) is 24.7 Å². The van der Waals surface area contributed by atoms with Gasteiger partial charge in [0.15, 0.2) is 6.61 Å². The molecule has 2 rings (SSSR count). The highest BCUT2D eigenvalue weighted by Gasteiger charge is 2.29. The number of carbonyl (C=O) groups excluding carboxylic acids is 3. The number of nitrogens with one attached hydrogen (secondary N) is 1. The molecular formula is C18H24N2O4. The molecule has 24 heavy (non-hydrogen) atoms. The Morgan fingerprint density at radius 1 is 1.21 bits per heavy atom. The molecule has 1 aliphatic heterocycles. The zero-order chi connectivity index (χ0) is 17.7. The molecule has 1 aliphatic rings. The molecule has 2 unspecified atom stereocenters. The summed E-state index contributed by atoms with van der Waals surface area (Å²) in [6.45, 7) is 5.17. The first-order valence-corrected chi connectivity index (χ1v) is 8.24. The Kier molecular flexibility index (Phi) is 5.95. The number of rotatable bonds is 4. The lowest BCUT2D eigenvalue weighted by Gasteiger charge is -2.38. The minimum Gasteiger partial charge on any atom is -0.452 e. The van der Waals surface area contributed by atoms with Gasteiger partial charge < -0.3 is 15.0 Å². The summed E-state index contributed by atoms with van der Waals surface area (Å²) in [6.07, 6.45) is 3.06. The van der Waals surface area contributed by atoms with Crippen molar-refractivity contribution in [2.45, 2.75) is 52.1 Å². The second kappa shape index (κ2) is 7.95. The van der Waals surface area contributed by atoms with Crippen LogP contribution in [-0.4, -0.2) is 41.4 Å². The van der Waals surface area contributed by atoms with Gasteiger partial charge in [-0.3, -0.25) is 9.59 Å². The Labute approximate surface area is 142 Å². The van der Waals surface area contributed by atoms with Gasteiger partial charge in [-0.15, -0.1) is 0 Å². The van der Waals surface area contributed by atoms with Crippen LogP contribution < -0.4 is 5.32 Å². The van der Waals surface area contributed by atoms with Crippen molar-refractivity contribution in [3.8, 4) is 0 Å². The number of esters is 1. The number of benzene rings is 1. The van der Waals surface area contributed by atoms with Crippen LogP contribution in [0.15, 0.2) is 24.3 Å². The summed E-state index contributed by atoms with van der Waals surface area (Å²) in [6, 6.07) is 6.79. The van der Waals surface area contributed by atoms with Gasteiger partial charge in [-0.1, -0.05) is 6.07 Å². The molecule has 1 heterocycles. The Balaban J connectivity index is 1.95. The number of hydrogen-bond acceptors (Lipinski definition) is 4. The number of amides is 2. The van der Waals surface area contributed by atoms with E-state index in [4.69, 9.17) is 4.74 Å². The Hall–Kier alpha value is -2.37. The third-order valence-electron chi connectivity index (χ3n) is 4.23. The van der Waals surface area contributed by atoms with Gasteiger partial charge in [-0.25, -0.2) is 4.79 Å². The second-order valence-electron chi connectivity index (χ2n) is 6.27. The molecule has 2 atom stereocenters. The molecule has 0 aliphatic carbocycles. The van der Waals surface area contributed by atoms with Crippen molar-refractivity contribution in [2.75, 3.05) is 11.9 Å². The highest BCUT2D eigenvalue weighted by atomic mass is 16.5. The van der Waals surface area contributed by atoms with Crippen LogP contribution in [0.4, 0.5) is 5.69 Å². The number of piperidine rings is 1. The summed E-state index contributed by atoms with van der Waals surface area (Å²) in [7, 11) is 0.